The molecule has 2 atom stereocenters. The van der Waals surface area contributed by atoms with Crippen LogP contribution in [0.5, 0.6) is 0 Å². The molecular weight excluding hydrogens is 272 g/mol. The number of nitrogens with zero attached hydrogens (tertiary/aromatic N) is 1. The van der Waals surface area contributed by atoms with Crippen LogP contribution in [-0.2, 0) is 4.79 Å². The predicted octanol–water partition coefficient (Wildman–Crippen LogP) is 2.37. The van der Waals surface area contributed by atoms with Gasteiger partial charge in [-0.15, -0.1) is 0 Å². The minimum Gasteiger partial charge on any atom is -0.480 e. The minimum absolute atomic E-state index is 0.0673. The molecule has 0 aromatic carbocycles. The fourth-order valence-corrected chi connectivity index (χ4v) is 2.03. The van der Waals surface area contributed by atoms with Gasteiger partial charge in [-0.3, -0.25) is 4.79 Å². The summed E-state index contributed by atoms with van der Waals surface area (Å²) >= 11 is 0. The van der Waals surface area contributed by atoms with E-state index in [1.807, 2.05) is 13.8 Å². The Morgan fingerprint density at radius 1 is 1.43 bits per heavy atom. The summed E-state index contributed by atoms with van der Waals surface area (Å²) in [5.41, 5.74) is 1.90. The summed E-state index contributed by atoms with van der Waals surface area (Å²) in [6, 6.07) is 4.10. The van der Waals surface area contributed by atoms with Crippen LogP contribution in [0.1, 0.15) is 36.5 Å². The van der Waals surface area contributed by atoms with Gasteiger partial charge in [0.05, 0.1) is 0 Å². The number of pyridine rings is 1. The molecule has 2 N–H and O–H groups in total. The first-order chi connectivity index (χ1) is 9.92. The van der Waals surface area contributed by atoms with Crippen LogP contribution in [0.4, 0.5) is 0 Å². The zero-order valence-corrected chi connectivity index (χ0v) is 12.2. The Morgan fingerprint density at radius 3 is 2.76 bits per heavy atom. The quantitative estimate of drug-likeness (QED) is 0.881. The number of amides is 1. The number of nitrogens with one attached hydrogen (secondary N) is 1. The van der Waals surface area contributed by atoms with Crippen molar-refractivity contribution in [2.24, 2.45) is 5.92 Å². The van der Waals surface area contributed by atoms with E-state index < -0.39 is 17.9 Å². The van der Waals surface area contributed by atoms with Crippen LogP contribution in [0.3, 0.4) is 0 Å². The number of furan rings is 1. The lowest BCUT2D eigenvalue weighted by Gasteiger charge is -2.19. The first-order valence-corrected chi connectivity index (χ1v) is 6.83. The zero-order chi connectivity index (χ0) is 15.6. The van der Waals surface area contributed by atoms with Crippen molar-refractivity contribution in [1.29, 1.82) is 0 Å². The van der Waals surface area contributed by atoms with Crippen molar-refractivity contribution in [2.45, 2.75) is 33.2 Å². The van der Waals surface area contributed by atoms with E-state index in [2.05, 4.69) is 10.3 Å². The van der Waals surface area contributed by atoms with Gasteiger partial charge in [-0.2, -0.15) is 0 Å². The first-order valence-electron chi connectivity index (χ1n) is 6.83. The smallest absolute Gasteiger partial charge is 0.326 e. The van der Waals surface area contributed by atoms with Crippen LogP contribution < -0.4 is 5.32 Å². The Balaban J connectivity index is 2.23. The lowest BCUT2D eigenvalue weighted by Crippen LogP contribution is -2.44. The van der Waals surface area contributed by atoms with E-state index in [9.17, 15) is 14.7 Å². The number of carboxylic acid groups (broad SMARTS) is 1. The van der Waals surface area contributed by atoms with E-state index in [0.29, 0.717) is 17.5 Å². The average Bonchev–Trinajstić information content (AvgIpc) is 2.86. The van der Waals surface area contributed by atoms with Gasteiger partial charge in [0.1, 0.15) is 11.6 Å². The summed E-state index contributed by atoms with van der Waals surface area (Å²) in [6.07, 6.45) is 0.651. The molecule has 0 spiro atoms. The second-order valence-corrected chi connectivity index (χ2v) is 5.12. The average molecular weight is 290 g/mol. The number of aromatic nitrogens is 1. The van der Waals surface area contributed by atoms with Crippen molar-refractivity contribution in [3.05, 3.63) is 29.7 Å². The van der Waals surface area contributed by atoms with Gasteiger partial charge in [-0.05, 0) is 25.0 Å². The largest absolute Gasteiger partial charge is 0.480 e. The molecule has 1 amide bonds. The second kappa shape index (κ2) is 5.95. The Kier molecular flexibility index (Phi) is 4.26. The normalized spacial score (nSPS) is 13.9. The van der Waals surface area contributed by atoms with Crippen molar-refractivity contribution in [3.63, 3.8) is 0 Å². The molecule has 2 aromatic rings. The van der Waals surface area contributed by atoms with Crippen molar-refractivity contribution in [3.8, 4) is 0 Å². The van der Waals surface area contributed by atoms with Crippen molar-refractivity contribution < 1.29 is 19.1 Å². The van der Waals surface area contributed by atoms with E-state index in [1.54, 1.807) is 19.1 Å². The lowest BCUT2D eigenvalue weighted by molar-refractivity contribution is -0.140. The number of aliphatic carboxylic acids is 1. The van der Waals surface area contributed by atoms with Crippen LogP contribution >= 0.6 is 0 Å². The topological polar surface area (TPSA) is 92.4 Å². The van der Waals surface area contributed by atoms with E-state index in [4.69, 9.17) is 4.42 Å². The summed E-state index contributed by atoms with van der Waals surface area (Å²) in [5, 5.41) is 11.7. The summed E-state index contributed by atoms with van der Waals surface area (Å²) in [4.78, 5) is 27.6. The third-order valence-electron chi connectivity index (χ3n) is 3.50. The van der Waals surface area contributed by atoms with Gasteiger partial charge in [0.25, 0.3) is 5.91 Å². The van der Waals surface area contributed by atoms with Gasteiger partial charge in [0.2, 0.25) is 0 Å². The number of carbonyl (C=O) groups excluding carboxylic acids is 1. The highest BCUT2D eigenvalue weighted by atomic mass is 16.4. The third-order valence-corrected chi connectivity index (χ3v) is 3.50. The SMILES string of the molecule is CCC(C)C(NC(=O)c1cc2nc(C)ccc2o1)C(=O)O. The second-order valence-electron chi connectivity index (χ2n) is 5.12. The summed E-state index contributed by atoms with van der Waals surface area (Å²) in [7, 11) is 0. The van der Waals surface area contributed by atoms with Gasteiger partial charge in [0, 0.05) is 11.8 Å². The van der Waals surface area contributed by atoms with Gasteiger partial charge in [-0.25, -0.2) is 9.78 Å². The third kappa shape index (κ3) is 3.21. The molecule has 112 valence electrons. The molecule has 2 heterocycles. The van der Waals surface area contributed by atoms with Crippen LogP contribution in [0.25, 0.3) is 11.1 Å². The van der Waals surface area contributed by atoms with Gasteiger partial charge in [0.15, 0.2) is 11.3 Å². The van der Waals surface area contributed by atoms with Crippen LogP contribution in [0, 0.1) is 12.8 Å². The number of fused-ring (bicyclic) bond motifs is 1. The van der Waals surface area contributed by atoms with Gasteiger partial charge < -0.3 is 14.8 Å². The molecule has 0 fully saturated rings. The van der Waals surface area contributed by atoms with Gasteiger partial charge in [-0.1, -0.05) is 20.3 Å². The molecular formula is C15H18N2O4. The molecule has 2 aromatic heterocycles. The number of hydrogen-bond donors (Lipinski definition) is 2. The summed E-state index contributed by atoms with van der Waals surface area (Å²) in [6.45, 7) is 5.50. The van der Waals surface area contributed by atoms with Gasteiger partial charge >= 0.3 is 5.97 Å². The molecule has 0 saturated carbocycles. The lowest BCUT2D eigenvalue weighted by atomic mass is 9.99. The molecule has 0 aliphatic heterocycles. The van der Waals surface area contributed by atoms with Crippen LogP contribution in [0.2, 0.25) is 0 Å². The van der Waals surface area contributed by atoms with Crippen molar-refractivity contribution in [2.75, 3.05) is 0 Å². The molecule has 0 radical (unpaired) electrons. The summed E-state index contributed by atoms with van der Waals surface area (Å²) < 4.78 is 5.41. The molecule has 6 heteroatoms. The van der Waals surface area contributed by atoms with Crippen molar-refractivity contribution in [1.82, 2.24) is 10.3 Å². The van der Waals surface area contributed by atoms with Crippen LogP contribution in [-0.4, -0.2) is 28.0 Å². The van der Waals surface area contributed by atoms with Crippen LogP contribution in [0.15, 0.2) is 22.6 Å². The molecule has 2 unspecified atom stereocenters. The maximum absolute atomic E-state index is 12.1. The molecule has 0 aliphatic carbocycles. The highest BCUT2D eigenvalue weighted by Crippen LogP contribution is 2.18. The molecule has 0 bridgehead atoms. The Bertz CT molecular complexity index is 677. The zero-order valence-electron chi connectivity index (χ0n) is 12.2. The number of rotatable bonds is 5. The standard InChI is InChI=1S/C15H18N2O4/c1-4-8(2)13(15(19)20)17-14(18)12-7-10-11(21-12)6-5-9(3)16-10/h5-8,13H,4H2,1-3H3,(H,17,18)(H,19,20). The maximum Gasteiger partial charge on any atom is 0.326 e. The maximum atomic E-state index is 12.1. The van der Waals surface area contributed by atoms with E-state index in [-0.39, 0.29) is 11.7 Å². The van der Waals surface area contributed by atoms with E-state index in [1.165, 1.54) is 6.07 Å². The highest BCUT2D eigenvalue weighted by molar-refractivity contribution is 5.97. The molecule has 21 heavy (non-hydrogen) atoms. The fourth-order valence-electron chi connectivity index (χ4n) is 2.03. The van der Waals surface area contributed by atoms with E-state index >= 15 is 0 Å². The monoisotopic (exact) mass is 290 g/mol. The fraction of sp³-hybridized carbons (Fsp3) is 0.400. The predicted molar refractivity (Wildman–Crippen MR) is 77.1 cm³/mol. The number of aryl methyl sites for hydroxylation is 1. The molecule has 0 saturated heterocycles. The highest BCUT2D eigenvalue weighted by Gasteiger charge is 2.27. The Hall–Kier alpha value is -2.37. The number of hydrogen-bond acceptors (Lipinski definition) is 4. The summed E-state index contributed by atoms with van der Waals surface area (Å²) in [5.74, 6) is -1.70. The Morgan fingerprint density at radius 2 is 2.14 bits per heavy atom. The molecule has 2 rings (SSSR count). The molecule has 0 aliphatic rings. The first kappa shape index (κ1) is 15.0. The molecule has 6 nitrogen and oxygen atoms in total. The van der Waals surface area contributed by atoms with E-state index in [0.717, 1.165) is 5.69 Å². The minimum atomic E-state index is -1.05. The number of carbonyl (C=O) groups is 2. The number of carboxylic acids is 1. The Labute approximate surface area is 122 Å². The van der Waals surface area contributed by atoms with Crippen molar-refractivity contribution >= 4 is 23.0 Å².